The summed E-state index contributed by atoms with van der Waals surface area (Å²) in [5, 5.41) is 5.98. The molecule has 0 unspecified atom stereocenters. The van der Waals surface area contributed by atoms with Crippen molar-refractivity contribution in [2.45, 2.75) is 33.0 Å². The second-order valence-electron chi connectivity index (χ2n) is 5.89. The van der Waals surface area contributed by atoms with Crippen molar-refractivity contribution in [3.8, 4) is 5.75 Å². The highest BCUT2D eigenvalue weighted by Crippen LogP contribution is 2.28. The third-order valence-electron chi connectivity index (χ3n) is 3.71. The topological polar surface area (TPSA) is 34.1 Å². The van der Waals surface area contributed by atoms with E-state index in [-0.39, 0.29) is 6.10 Å². The van der Waals surface area contributed by atoms with Crippen molar-refractivity contribution in [3.63, 3.8) is 0 Å². The molecule has 23 heavy (non-hydrogen) atoms. The number of nitrogens with zero attached hydrogens (tertiary/aromatic N) is 1. The number of hydrogen-bond acceptors (Lipinski definition) is 3. The molecule has 0 aliphatic rings. The van der Waals surface area contributed by atoms with Gasteiger partial charge in [0.05, 0.1) is 6.10 Å². The zero-order valence-corrected chi connectivity index (χ0v) is 13.6. The third kappa shape index (κ3) is 3.88. The molecule has 0 bridgehead atoms. The Bertz CT molecular complexity index is 769. The maximum Gasteiger partial charge on any atom is 0.124 e. The molecule has 2 aromatic carbocycles. The Morgan fingerprint density at radius 1 is 1.00 bits per heavy atom. The fourth-order valence-corrected chi connectivity index (χ4v) is 2.70. The molecule has 0 atom stereocenters. The highest BCUT2D eigenvalue weighted by molar-refractivity contribution is 5.87. The monoisotopic (exact) mass is 306 g/mol. The van der Waals surface area contributed by atoms with E-state index in [4.69, 9.17) is 4.74 Å². The van der Waals surface area contributed by atoms with E-state index < -0.39 is 0 Å². The number of hydrogen-bond donors (Lipinski definition) is 1. The van der Waals surface area contributed by atoms with Gasteiger partial charge in [0.1, 0.15) is 5.75 Å². The zero-order chi connectivity index (χ0) is 16.1. The Balaban J connectivity index is 1.84. The molecule has 0 saturated carbocycles. The van der Waals surface area contributed by atoms with Crippen LogP contribution < -0.4 is 10.1 Å². The van der Waals surface area contributed by atoms with E-state index in [2.05, 4.69) is 66.6 Å². The maximum absolute atomic E-state index is 6.00. The summed E-state index contributed by atoms with van der Waals surface area (Å²) in [6.07, 6.45) is 3.85. The number of benzene rings is 2. The molecule has 0 spiro atoms. The van der Waals surface area contributed by atoms with Gasteiger partial charge >= 0.3 is 0 Å². The smallest absolute Gasteiger partial charge is 0.124 e. The van der Waals surface area contributed by atoms with Gasteiger partial charge in [-0.1, -0.05) is 36.4 Å². The van der Waals surface area contributed by atoms with Gasteiger partial charge in [-0.25, -0.2) is 0 Å². The fourth-order valence-electron chi connectivity index (χ4n) is 2.70. The molecular weight excluding hydrogens is 284 g/mol. The number of nitrogens with one attached hydrogen (secondary N) is 1. The van der Waals surface area contributed by atoms with Crippen LogP contribution in [0.4, 0.5) is 0 Å². The molecule has 3 rings (SSSR count). The lowest BCUT2D eigenvalue weighted by Gasteiger charge is -2.17. The van der Waals surface area contributed by atoms with Crippen molar-refractivity contribution < 1.29 is 4.74 Å². The molecule has 0 aliphatic heterocycles. The Hall–Kier alpha value is -2.39. The summed E-state index contributed by atoms with van der Waals surface area (Å²) in [5.41, 5.74) is 2.39. The van der Waals surface area contributed by atoms with E-state index in [1.54, 1.807) is 6.20 Å². The lowest BCUT2D eigenvalue weighted by atomic mass is 10.0. The van der Waals surface area contributed by atoms with Gasteiger partial charge in [0.25, 0.3) is 0 Å². The Morgan fingerprint density at radius 3 is 2.65 bits per heavy atom. The van der Waals surface area contributed by atoms with Crippen molar-refractivity contribution in [3.05, 3.63) is 72.1 Å². The molecular formula is C20H22N2O. The molecule has 0 saturated heterocycles. The molecule has 3 heteroatoms. The summed E-state index contributed by atoms with van der Waals surface area (Å²) in [6.45, 7) is 5.67. The molecule has 3 aromatic rings. The van der Waals surface area contributed by atoms with E-state index in [1.807, 2.05) is 12.3 Å². The highest BCUT2D eigenvalue weighted by Gasteiger charge is 2.10. The van der Waals surface area contributed by atoms with E-state index in [9.17, 15) is 0 Å². The molecule has 3 nitrogen and oxygen atoms in total. The summed E-state index contributed by atoms with van der Waals surface area (Å²) in [7, 11) is 0. The van der Waals surface area contributed by atoms with Crippen LogP contribution in [-0.4, -0.2) is 11.1 Å². The van der Waals surface area contributed by atoms with Crippen LogP contribution in [0.5, 0.6) is 5.75 Å². The average Bonchev–Trinajstić information content (AvgIpc) is 2.57. The molecule has 0 amide bonds. The Labute approximate surface area is 137 Å². The van der Waals surface area contributed by atoms with Crippen LogP contribution in [0.3, 0.4) is 0 Å². The number of aromatic nitrogens is 1. The normalized spacial score (nSPS) is 11.1. The second-order valence-corrected chi connectivity index (χ2v) is 5.89. The molecule has 0 fully saturated rings. The minimum Gasteiger partial charge on any atom is -0.491 e. The minimum absolute atomic E-state index is 0.160. The molecule has 1 aromatic heterocycles. The van der Waals surface area contributed by atoms with Crippen molar-refractivity contribution in [1.29, 1.82) is 0 Å². The van der Waals surface area contributed by atoms with E-state index >= 15 is 0 Å². The first kappa shape index (κ1) is 15.5. The van der Waals surface area contributed by atoms with Gasteiger partial charge < -0.3 is 10.1 Å². The van der Waals surface area contributed by atoms with E-state index in [0.29, 0.717) is 0 Å². The van der Waals surface area contributed by atoms with Gasteiger partial charge in [0.15, 0.2) is 0 Å². The Kier molecular flexibility index (Phi) is 4.89. The van der Waals surface area contributed by atoms with Gasteiger partial charge in [-0.15, -0.1) is 0 Å². The summed E-state index contributed by atoms with van der Waals surface area (Å²) >= 11 is 0. The van der Waals surface area contributed by atoms with Gasteiger partial charge in [0.2, 0.25) is 0 Å². The molecule has 1 N–H and O–H groups in total. The molecule has 118 valence electrons. The first-order valence-corrected chi connectivity index (χ1v) is 8.01. The van der Waals surface area contributed by atoms with Crippen LogP contribution in [0.25, 0.3) is 10.8 Å². The first-order valence-electron chi connectivity index (χ1n) is 8.01. The molecule has 0 radical (unpaired) electrons. The largest absolute Gasteiger partial charge is 0.491 e. The van der Waals surface area contributed by atoms with Gasteiger partial charge in [-0.05, 0) is 42.3 Å². The van der Waals surface area contributed by atoms with E-state index in [0.717, 1.165) is 18.8 Å². The molecule has 0 aliphatic carbocycles. The highest BCUT2D eigenvalue weighted by atomic mass is 16.5. The van der Waals surface area contributed by atoms with Crippen LogP contribution >= 0.6 is 0 Å². The SMILES string of the molecule is CC(C)Oc1ccc2ccccc2c1CNCc1cccnc1. The summed E-state index contributed by atoms with van der Waals surface area (Å²) in [5.74, 6) is 0.956. The van der Waals surface area contributed by atoms with Crippen LogP contribution in [0.1, 0.15) is 25.0 Å². The summed E-state index contributed by atoms with van der Waals surface area (Å²) in [6, 6.07) is 16.7. The van der Waals surface area contributed by atoms with Crippen molar-refractivity contribution in [2.75, 3.05) is 0 Å². The van der Waals surface area contributed by atoms with Gasteiger partial charge in [-0.2, -0.15) is 0 Å². The van der Waals surface area contributed by atoms with Crippen molar-refractivity contribution in [1.82, 2.24) is 10.3 Å². The zero-order valence-electron chi connectivity index (χ0n) is 13.6. The second kappa shape index (κ2) is 7.25. The summed E-state index contributed by atoms with van der Waals surface area (Å²) in [4.78, 5) is 4.15. The quantitative estimate of drug-likeness (QED) is 0.737. The van der Waals surface area contributed by atoms with Crippen molar-refractivity contribution >= 4 is 10.8 Å². The van der Waals surface area contributed by atoms with E-state index in [1.165, 1.54) is 21.9 Å². The number of rotatable bonds is 6. The average molecular weight is 306 g/mol. The maximum atomic E-state index is 6.00. The van der Waals surface area contributed by atoms with Crippen LogP contribution in [0.2, 0.25) is 0 Å². The first-order chi connectivity index (χ1) is 11.2. The van der Waals surface area contributed by atoms with Gasteiger partial charge in [0, 0.05) is 31.0 Å². The number of pyridine rings is 1. The third-order valence-corrected chi connectivity index (χ3v) is 3.71. The van der Waals surface area contributed by atoms with Crippen LogP contribution in [0, 0.1) is 0 Å². The standard InChI is InChI=1S/C20H22N2O/c1-15(2)23-20-10-9-17-7-3-4-8-18(17)19(20)14-22-13-16-6-5-11-21-12-16/h3-12,15,22H,13-14H2,1-2H3. The lowest BCUT2D eigenvalue weighted by Crippen LogP contribution is -2.15. The fraction of sp³-hybridized carbons (Fsp3) is 0.250. The number of ether oxygens (including phenoxy) is 1. The van der Waals surface area contributed by atoms with Crippen LogP contribution in [0.15, 0.2) is 60.9 Å². The van der Waals surface area contributed by atoms with Gasteiger partial charge in [-0.3, -0.25) is 4.98 Å². The lowest BCUT2D eigenvalue weighted by molar-refractivity contribution is 0.240. The van der Waals surface area contributed by atoms with Crippen molar-refractivity contribution in [2.24, 2.45) is 0 Å². The minimum atomic E-state index is 0.160. The molecule has 1 heterocycles. The number of fused-ring (bicyclic) bond motifs is 1. The predicted molar refractivity (Wildman–Crippen MR) is 94.5 cm³/mol. The summed E-state index contributed by atoms with van der Waals surface area (Å²) < 4.78 is 6.00. The Morgan fingerprint density at radius 2 is 1.87 bits per heavy atom. The van der Waals surface area contributed by atoms with Crippen LogP contribution in [-0.2, 0) is 13.1 Å². The predicted octanol–water partition coefficient (Wildman–Crippen LogP) is 4.31.